The van der Waals surface area contributed by atoms with Crippen LogP contribution >= 0.6 is 11.3 Å². The van der Waals surface area contributed by atoms with Gasteiger partial charge in [-0.3, -0.25) is 9.59 Å². The van der Waals surface area contributed by atoms with Gasteiger partial charge in [0.1, 0.15) is 5.82 Å². The molecule has 27 heavy (non-hydrogen) atoms. The molecule has 2 aromatic heterocycles. The molecule has 0 radical (unpaired) electrons. The second-order valence-electron chi connectivity index (χ2n) is 6.51. The van der Waals surface area contributed by atoms with Crippen LogP contribution in [0.25, 0.3) is 6.08 Å². The molecule has 6 heteroatoms. The quantitative estimate of drug-likeness (QED) is 0.588. The Labute approximate surface area is 163 Å². The van der Waals surface area contributed by atoms with Gasteiger partial charge in [-0.2, -0.15) is 0 Å². The van der Waals surface area contributed by atoms with Crippen LogP contribution in [0.15, 0.2) is 53.6 Å². The molecule has 1 aliphatic heterocycles. The van der Waals surface area contributed by atoms with E-state index in [4.69, 9.17) is 0 Å². The Bertz CT molecular complexity index is 854. The number of hydrogen-bond acceptors (Lipinski definition) is 4. The molecule has 0 saturated carbocycles. The highest BCUT2D eigenvalue weighted by Gasteiger charge is 2.15. The SMILES string of the molecule is CC(=O)N(C)c1ccc(/C=C/C(=O)N2CC=C(Cc3cccs3)CC2)cn1. The van der Waals surface area contributed by atoms with Crippen molar-refractivity contribution in [2.45, 2.75) is 19.8 Å². The molecule has 0 spiro atoms. The van der Waals surface area contributed by atoms with Crippen LogP contribution in [0, 0.1) is 0 Å². The molecule has 2 amide bonds. The highest BCUT2D eigenvalue weighted by atomic mass is 32.1. The molecule has 2 aromatic rings. The molecule has 140 valence electrons. The second-order valence-corrected chi connectivity index (χ2v) is 7.55. The lowest BCUT2D eigenvalue weighted by atomic mass is 10.0. The smallest absolute Gasteiger partial charge is 0.246 e. The minimum atomic E-state index is -0.0717. The van der Waals surface area contributed by atoms with Crippen LogP contribution in [0.2, 0.25) is 0 Å². The molecule has 1 aliphatic rings. The summed E-state index contributed by atoms with van der Waals surface area (Å²) in [6.07, 6.45) is 9.09. The fourth-order valence-corrected chi connectivity index (χ4v) is 3.60. The van der Waals surface area contributed by atoms with Gasteiger partial charge in [0.25, 0.3) is 0 Å². The fourth-order valence-electron chi connectivity index (χ4n) is 2.84. The van der Waals surface area contributed by atoms with Crippen molar-refractivity contribution in [1.82, 2.24) is 9.88 Å². The van der Waals surface area contributed by atoms with Crippen LogP contribution in [0.5, 0.6) is 0 Å². The number of pyridine rings is 1. The minimum Gasteiger partial charge on any atom is -0.335 e. The third-order valence-electron chi connectivity index (χ3n) is 4.60. The molecule has 0 aliphatic carbocycles. The highest BCUT2D eigenvalue weighted by Crippen LogP contribution is 2.20. The van der Waals surface area contributed by atoms with E-state index in [-0.39, 0.29) is 11.8 Å². The van der Waals surface area contributed by atoms with Gasteiger partial charge in [-0.15, -0.1) is 11.3 Å². The molecule has 0 bridgehead atoms. The zero-order chi connectivity index (χ0) is 19.2. The van der Waals surface area contributed by atoms with Gasteiger partial charge in [0.05, 0.1) is 0 Å². The van der Waals surface area contributed by atoms with Gasteiger partial charge in [-0.25, -0.2) is 4.98 Å². The first kappa shape index (κ1) is 19.0. The van der Waals surface area contributed by atoms with E-state index in [1.807, 2.05) is 11.0 Å². The van der Waals surface area contributed by atoms with E-state index in [1.165, 1.54) is 22.3 Å². The minimum absolute atomic E-state index is 0.00588. The van der Waals surface area contributed by atoms with Gasteiger partial charge >= 0.3 is 0 Å². The van der Waals surface area contributed by atoms with Gasteiger partial charge in [0.2, 0.25) is 11.8 Å². The highest BCUT2D eigenvalue weighted by molar-refractivity contribution is 7.09. The van der Waals surface area contributed by atoms with E-state index < -0.39 is 0 Å². The standard InChI is InChI=1S/C21H23N3O2S/c1-16(25)23(2)20-7-5-18(15-22-20)6-8-21(26)24-11-9-17(10-12-24)14-19-4-3-13-27-19/h3-9,13,15H,10-12,14H2,1-2H3/b8-6+. The molecule has 0 unspecified atom stereocenters. The number of nitrogens with zero attached hydrogens (tertiary/aromatic N) is 3. The van der Waals surface area contributed by atoms with Crippen LogP contribution in [0.4, 0.5) is 5.82 Å². The Morgan fingerprint density at radius 2 is 2.19 bits per heavy atom. The number of rotatable bonds is 5. The predicted octanol–water partition coefficient (Wildman–Crippen LogP) is 3.54. The molecule has 0 fully saturated rings. The summed E-state index contributed by atoms with van der Waals surface area (Å²) in [5.41, 5.74) is 2.23. The first-order valence-electron chi connectivity index (χ1n) is 8.90. The third-order valence-corrected chi connectivity index (χ3v) is 5.48. The van der Waals surface area contributed by atoms with Crippen molar-refractivity contribution in [3.05, 3.63) is 64.0 Å². The number of aromatic nitrogens is 1. The summed E-state index contributed by atoms with van der Waals surface area (Å²) in [6, 6.07) is 7.84. The number of carbonyl (C=O) groups excluding carboxylic acids is 2. The lowest BCUT2D eigenvalue weighted by Crippen LogP contribution is -2.33. The van der Waals surface area contributed by atoms with Crippen LogP contribution in [0.1, 0.15) is 23.8 Å². The maximum Gasteiger partial charge on any atom is 0.246 e. The third kappa shape index (κ3) is 5.14. The molecule has 0 aromatic carbocycles. The summed E-state index contributed by atoms with van der Waals surface area (Å²) in [5, 5.41) is 2.10. The summed E-state index contributed by atoms with van der Waals surface area (Å²) < 4.78 is 0. The molecular formula is C21H23N3O2S. The lowest BCUT2D eigenvalue weighted by Gasteiger charge is -2.25. The lowest BCUT2D eigenvalue weighted by molar-refractivity contribution is -0.125. The first-order valence-corrected chi connectivity index (χ1v) is 9.78. The Balaban J connectivity index is 1.54. The van der Waals surface area contributed by atoms with Gasteiger partial charge < -0.3 is 9.80 Å². The van der Waals surface area contributed by atoms with E-state index in [9.17, 15) is 9.59 Å². The van der Waals surface area contributed by atoms with Crippen LogP contribution in [-0.2, 0) is 16.0 Å². The summed E-state index contributed by atoms with van der Waals surface area (Å²) in [4.78, 5) is 32.7. The zero-order valence-electron chi connectivity index (χ0n) is 15.6. The van der Waals surface area contributed by atoms with Crippen molar-refractivity contribution >= 4 is 35.0 Å². The summed E-state index contributed by atoms with van der Waals surface area (Å²) in [6.45, 7) is 2.90. The fraction of sp³-hybridized carbons (Fsp3) is 0.286. The number of amides is 2. The van der Waals surface area contributed by atoms with Crippen molar-refractivity contribution in [3.8, 4) is 0 Å². The number of hydrogen-bond donors (Lipinski definition) is 0. The van der Waals surface area contributed by atoms with Crippen molar-refractivity contribution in [1.29, 1.82) is 0 Å². The summed E-state index contributed by atoms with van der Waals surface area (Å²) in [7, 11) is 1.68. The van der Waals surface area contributed by atoms with E-state index in [0.717, 1.165) is 24.9 Å². The molecule has 5 nitrogen and oxygen atoms in total. The van der Waals surface area contributed by atoms with Gasteiger partial charge in [0, 0.05) is 50.6 Å². The average Bonchev–Trinajstić information content (AvgIpc) is 3.19. The Kier molecular flexibility index (Phi) is 6.19. The molecule has 0 N–H and O–H groups in total. The summed E-state index contributed by atoms with van der Waals surface area (Å²) >= 11 is 1.77. The van der Waals surface area contributed by atoms with Crippen LogP contribution in [0.3, 0.4) is 0 Å². The van der Waals surface area contributed by atoms with E-state index in [0.29, 0.717) is 12.4 Å². The van der Waals surface area contributed by atoms with Gasteiger partial charge in [-0.1, -0.05) is 17.7 Å². The number of carbonyl (C=O) groups is 2. The van der Waals surface area contributed by atoms with Crippen molar-refractivity contribution in [2.24, 2.45) is 0 Å². The zero-order valence-corrected chi connectivity index (χ0v) is 16.4. The van der Waals surface area contributed by atoms with Gasteiger partial charge in [-0.05, 0) is 41.6 Å². The second kappa shape index (κ2) is 8.77. The van der Waals surface area contributed by atoms with Gasteiger partial charge in [0.15, 0.2) is 0 Å². The van der Waals surface area contributed by atoms with Crippen LogP contribution in [-0.4, -0.2) is 41.8 Å². The van der Waals surface area contributed by atoms with E-state index in [1.54, 1.807) is 42.8 Å². The maximum atomic E-state index is 12.4. The number of thiophene rings is 1. The normalized spacial score (nSPS) is 14.3. The Hall–Kier alpha value is -2.73. The Morgan fingerprint density at radius 3 is 2.78 bits per heavy atom. The molecular weight excluding hydrogens is 358 g/mol. The molecule has 3 heterocycles. The van der Waals surface area contributed by atoms with Crippen molar-refractivity contribution in [2.75, 3.05) is 25.0 Å². The summed E-state index contributed by atoms with van der Waals surface area (Å²) in [5.74, 6) is 0.523. The molecule has 0 atom stereocenters. The first-order chi connectivity index (χ1) is 13.0. The van der Waals surface area contributed by atoms with E-state index >= 15 is 0 Å². The Morgan fingerprint density at radius 1 is 1.33 bits per heavy atom. The van der Waals surface area contributed by atoms with E-state index in [2.05, 4.69) is 28.6 Å². The molecule has 0 saturated heterocycles. The average molecular weight is 382 g/mol. The maximum absolute atomic E-state index is 12.4. The van der Waals surface area contributed by atoms with Crippen molar-refractivity contribution < 1.29 is 9.59 Å². The predicted molar refractivity (Wildman–Crippen MR) is 110 cm³/mol. The number of anilines is 1. The monoisotopic (exact) mass is 381 g/mol. The largest absolute Gasteiger partial charge is 0.335 e. The topological polar surface area (TPSA) is 53.5 Å². The molecule has 3 rings (SSSR count). The van der Waals surface area contributed by atoms with Crippen LogP contribution < -0.4 is 4.90 Å². The van der Waals surface area contributed by atoms with Crippen molar-refractivity contribution in [3.63, 3.8) is 0 Å².